The van der Waals surface area contributed by atoms with Crippen molar-refractivity contribution < 1.29 is 14.4 Å². The van der Waals surface area contributed by atoms with Crippen molar-refractivity contribution in [3.8, 4) is 0 Å². The van der Waals surface area contributed by atoms with Crippen LogP contribution in [0.3, 0.4) is 0 Å². The summed E-state index contributed by atoms with van der Waals surface area (Å²) in [6, 6.07) is 13.3. The number of urea groups is 1. The van der Waals surface area contributed by atoms with Crippen LogP contribution in [0.1, 0.15) is 28.4 Å². The molecule has 3 amide bonds. The molecule has 25 heavy (non-hydrogen) atoms. The van der Waals surface area contributed by atoms with Gasteiger partial charge in [0.15, 0.2) is 5.78 Å². The van der Waals surface area contributed by atoms with Crippen LogP contribution in [0.2, 0.25) is 5.02 Å². The highest BCUT2D eigenvalue weighted by atomic mass is 35.5. The summed E-state index contributed by atoms with van der Waals surface area (Å²) in [6.07, 6.45) is 0. The lowest BCUT2D eigenvalue weighted by molar-refractivity contribution is -0.130. The van der Waals surface area contributed by atoms with Gasteiger partial charge in [-0.3, -0.25) is 14.5 Å². The van der Waals surface area contributed by atoms with E-state index in [9.17, 15) is 14.4 Å². The zero-order valence-electron chi connectivity index (χ0n) is 13.9. The summed E-state index contributed by atoms with van der Waals surface area (Å²) in [5.41, 5.74) is 0.818. The Kier molecular flexibility index (Phi) is 4.35. The van der Waals surface area contributed by atoms with E-state index in [-0.39, 0.29) is 17.9 Å². The minimum Gasteiger partial charge on any atom is -0.319 e. The highest BCUT2D eigenvalue weighted by Crippen LogP contribution is 2.29. The molecule has 2 aromatic carbocycles. The predicted octanol–water partition coefficient (Wildman–Crippen LogP) is 3.30. The summed E-state index contributed by atoms with van der Waals surface area (Å²) >= 11 is 6.02. The molecule has 0 spiro atoms. The first-order chi connectivity index (χ1) is 11.8. The summed E-state index contributed by atoms with van der Waals surface area (Å²) < 4.78 is 0. The molecule has 0 aromatic heterocycles. The van der Waals surface area contributed by atoms with Crippen molar-refractivity contribution in [3.63, 3.8) is 0 Å². The van der Waals surface area contributed by atoms with Gasteiger partial charge in [0, 0.05) is 5.56 Å². The maximum Gasteiger partial charge on any atom is 0.325 e. The number of carbonyl (C=O) groups excluding carboxylic acids is 3. The summed E-state index contributed by atoms with van der Waals surface area (Å²) in [4.78, 5) is 38.5. The number of nitrogens with one attached hydrogen (secondary N) is 1. The quantitative estimate of drug-likeness (QED) is 0.675. The van der Waals surface area contributed by atoms with Crippen LogP contribution in [0.25, 0.3) is 0 Å². The highest BCUT2D eigenvalue weighted by molar-refractivity contribution is 6.34. The minimum absolute atomic E-state index is 0.286. The van der Waals surface area contributed by atoms with Gasteiger partial charge < -0.3 is 5.32 Å². The smallest absolute Gasteiger partial charge is 0.319 e. The average molecular weight is 357 g/mol. The van der Waals surface area contributed by atoms with Gasteiger partial charge in [-0.05, 0) is 31.5 Å². The third kappa shape index (κ3) is 3.03. The normalized spacial score (nSPS) is 19.9. The largest absolute Gasteiger partial charge is 0.325 e. The van der Waals surface area contributed by atoms with Gasteiger partial charge in [-0.25, -0.2) is 4.79 Å². The molecular weight excluding hydrogens is 340 g/mol. The predicted molar refractivity (Wildman–Crippen MR) is 94.6 cm³/mol. The van der Waals surface area contributed by atoms with E-state index in [0.717, 1.165) is 10.5 Å². The van der Waals surface area contributed by atoms with E-state index in [1.165, 1.54) is 0 Å². The number of nitrogens with zero attached hydrogens (tertiary/aromatic N) is 1. The summed E-state index contributed by atoms with van der Waals surface area (Å²) in [6.45, 7) is 3.23. The van der Waals surface area contributed by atoms with Gasteiger partial charge in [-0.2, -0.15) is 0 Å². The molecule has 1 aliphatic rings. The van der Waals surface area contributed by atoms with Gasteiger partial charge in [0.2, 0.25) is 0 Å². The summed E-state index contributed by atoms with van der Waals surface area (Å²) in [5, 5.41) is 2.98. The molecule has 1 unspecified atom stereocenters. The van der Waals surface area contributed by atoms with Gasteiger partial charge in [-0.1, -0.05) is 53.6 Å². The molecule has 1 fully saturated rings. The number of rotatable bonds is 4. The number of benzene rings is 2. The lowest BCUT2D eigenvalue weighted by Crippen LogP contribution is -2.41. The minimum atomic E-state index is -1.19. The maximum atomic E-state index is 12.8. The second-order valence-electron chi connectivity index (χ2n) is 6.22. The summed E-state index contributed by atoms with van der Waals surface area (Å²) in [5.74, 6) is -0.844. The molecule has 1 heterocycles. The molecule has 5 nitrogen and oxygen atoms in total. The Morgan fingerprint density at radius 1 is 1.12 bits per heavy atom. The number of imide groups is 1. The van der Waals surface area contributed by atoms with Crippen LogP contribution in [0, 0.1) is 6.92 Å². The zero-order chi connectivity index (χ0) is 18.2. The average Bonchev–Trinajstić information content (AvgIpc) is 2.80. The molecule has 1 saturated heterocycles. The van der Waals surface area contributed by atoms with Gasteiger partial charge in [-0.15, -0.1) is 0 Å². The summed E-state index contributed by atoms with van der Waals surface area (Å²) in [7, 11) is 0. The van der Waals surface area contributed by atoms with Gasteiger partial charge in [0.1, 0.15) is 5.54 Å². The Labute approximate surface area is 150 Å². The number of halogens is 1. The standard InChI is InChI=1S/C19H17ClN2O3/c1-12-7-9-13(10-8-12)19(2)17(24)22(18(25)21-19)11-16(23)14-5-3-4-6-15(14)20/h3-10H,11H2,1-2H3,(H,21,25). The van der Waals surface area contributed by atoms with Crippen LogP contribution in [0.15, 0.2) is 48.5 Å². The fourth-order valence-electron chi connectivity index (χ4n) is 2.84. The molecule has 2 aromatic rings. The third-order valence-corrected chi connectivity index (χ3v) is 4.71. The molecule has 1 atom stereocenters. The molecule has 0 aliphatic carbocycles. The fourth-order valence-corrected chi connectivity index (χ4v) is 3.08. The van der Waals surface area contributed by atoms with Crippen molar-refractivity contribution in [1.29, 1.82) is 0 Å². The SMILES string of the molecule is Cc1ccc(C2(C)NC(=O)N(CC(=O)c3ccccc3Cl)C2=O)cc1. The van der Waals surface area contributed by atoms with Crippen molar-refractivity contribution in [2.45, 2.75) is 19.4 Å². The number of Topliss-reactive ketones (excluding diaryl/α,β-unsaturated/α-hetero) is 1. The lowest BCUT2D eigenvalue weighted by Gasteiger charge is -2.22. The van der Waals surface area contributed by atoms with Gasteiger partial charge in [0.25, 0.3) is 5.91 Å². The molecule has 0 saturated carbocycles. The Morgan fingerprint density at radius 2 is 1.76 bits per heavy atom. The second-order valence-corrected chi connectivity index (χ2v) is 6.62. The van der Waals surface area contributed by atoms with Crippen molar-refractivity contribution in [3.05, 3.63) is 70.2 Å². The first-order valence-electron chi connectivity index (χ1n) is 7.82. The highest BCUT2D eigenvalue weighted by Gasteiger charge is 2.49. The molecule has 128 valence electrons. The molecule has 3 rings (SSSR count). The van der Waals surface area contributed by atoms with Crippen molar-refractivity contribution >= 4 is 29.3 Å². The van der Waals surface area contributed by atoms with Crippen LogP contribution in [0.5, 0.6) is 0 Å². The maximum absolute atomic E-state index is 12.8. The van der Waals surface area contributed by atoms with Gasteiger partial charge >= 0.3 is 6.03 Å². The fraction of sp³-hybridized carbons (Fsp3) is 0.211. The second kappa shape index (κ2) is 6.33. The Bertz CT molecular complexity index is 863. The molecular formula is C19H17ClN2O3. The van der Waals surface area contributed by atoms with E-state index in [2.05, 4.69) is 5.32 Å². The first-order valence-corrected chi connectivity index (χ1v) is 8.20. The van der Waals surface area contributed by atoms with E-state index in [1.54, 1.807) is 43.3 Å². The Hall–Kier alpha value is -2.66. The monoisotopic (exact) mass is 356 g/mol. The van der Waals surface area contributed by atoms with E-state index in [4.69, 9.17) is 11.6 Å². The third-order valence-electron chi connectivity index (χ3n) is 4.38. The Balaban J connectivity index is 1.85. The lowest BCUT2D eigenvalue weighted by atomic mass is 9.91. The van der Waals surface area contributed by atoms with E-state index < -0.39 is 17.5 Å². The number of hydrogen-bond acceptors (Lipinski definition) is 3. The molecule has 6 heteroatoms. The molecule has 0 bridgehead atoms. The molecule has 1 N–H and O–H groups in total. The van der Waals surface area contributed by atoms with E-state index in [1.807, 2.05) is 19.1 Å². The van der Waals surface area contributed by atoms with E-state index in [0.29, 0.717) is 10.6 Å². The van der Waals surface area contributed by atoms with Gasteiger partial charge in [0.05, 0.1) is 11.6 Å². The molecule has 0 radical (unpaired) electrons. The van der Waals surface area contributed by atoms with Crippen molar-refractivity contribution in [2.75, 3.05) is 6.54 Å². The van der Waals surface area contributed by atoms with Crippen LogP contribution in [-0.2, 0) is 10.3 Å². The van der Waals surface area contributed by atoms with Crippen LogP contribution < -0.4 is 5.32 Å². The van der Waals surface area contributed by atoms with E-state index >= 15 is 0 Å². The van der Waals surface area contributed by atoms with Crippen LogP contribution >= 0.6 is 11.6 Å². The molecule has 1 aliphatic heterocycles. The topological polar surface area (TPSA) is 66.5 Å². The van der Waals surface area contributed by atoms with Crippen molar-refractivity contribution in [1.82, 2.24) is 10.2 Å². The number of amides is 3. The zero-order valence-corrected chi connectivity index (χ0v) is 14.6. The van der Waals surface area contributed by atoms with Crippen LogP contribution in [-0.4, -0.2) is 29.2 Å². The number of hydrogen-bond donors (Lipinski definition) is 1. The number of carbonyl (C=O) groups is 3. The first kappa shape index (κ1) is 17.2. The van der Waals surface area contributed by atoms with Crippen molar-refractivity contribution in [2.24, 2.45) is 0 Å². The van der Waals surface area contributed by atoms with Crippen LogP contribution in [0.4, 0.5) is 4.79 Å². The Morgan fingerprint density at radius 3 is 2.40 bits per heavy atom. The number of ketones is 1. The number of aryl methyl sites for hydroxylation is 1.